The Hall–Kier alpha value is -2.89. The smallest absolute Gasteiger partial charge is 0.276 e. The summed E-state index contributed by atoms with van der Waals surface area (Å²) in [6.45, 7) is 1.99. The normalized spacial score (nSPS) is 10.6. The van der Waals surface area contributed by atoms with E-state index in [0.29, 0.717) is 28.8 Å². The summed E-state index contributed by atoms with van der Waals surface area (Å²) in [4.78, 5) is 8.52. The van der Waals surface area contributed by atoms with Crippen molar-refractivity contribution in [2.24, 2.45) is 0 Å². The molecule has 0 atom stereocenters. The van der Waals surface area contributed by atoms with Crippen LogP contribution in [-0.4, -0.2) is 22.2 Å². The number of nitrogens with two attached hydrogens (primary N) is 1. The fourth-order valence-corrected chi connectivity index (χ4v) is 1.95. The van der Waals surface area contributed by atoms with Crippen LogP contribution in [0.1, 0.15) is 5.56 Å². The van der Waals surface area contributed by atoms with Gasteiger partial charge in [0.15, 0.2) is 0 Å². The van der Waals surface area contributed by atoms with Gasteiger partial charge in [0.2, 0.25) is 5.82 Å². The molecular formula is C15H14N4O2. The van der Waals surface area contributed by atoms with Gasteiger partial charge in [0.25, 0.3) is 5.89 Å². The molecule has 3 aromatic rings. The number of hydrogen-bond acceptors (Lipinski definition) is 6. The molecule has 6 nitrogen and oxygen atoms in total. The van der Waals surface area contributed by atoms with Crippen LogP contribution in [0, 0.1) is 6.92 Å². The first kappa shape index (κ1) is 13.1. The maximum absolute atomic E-state index is 5.61. The Labute approximate surface area is 121 Å². The Bertz CT molecular complexity index is 766. The number of aromatic nitrogens is 3. The Balaban J connectivity index is 2.00. The number of nitrogen functional groups attached to an aromatic ring is 1. The minimum Gasteiger partial charge on any atom is -0.496 e. The molecule has 0 aliphatic heterocycles. The summed E-state index contributed by atoms with van der Waals surface area (Å²) in [5, 5.41) is 3.99. The van der Waals surface area contributed by atoms with Crippen LogP contribution in [0.5, 0.6) is 5.75 Å². The first-order valence-electron chi connectivity index (χ1n) is 6.38. The molecule has 0 fully saturated rings. The number of hydrogen-bond donors (Lipinski definition) is 1. The first-order valence-corrected chi connectivity index (χ1v) is 6.38. The van der Waals surface area contributed by atoms with Crippen LogP contribution in [0.4, 0.5) is 5.69 Å². The number of anilines is 1. The molecule has 0 aliphatic carbocycles. The van der Waals surface area contributed by atoms with E-state index in [4.69, 9.17) is 15.0 Å². The molecule has 6 heteroatoms. The summed E-state index contributed by atoms with van der Waals surface area (Å²) in [5.41, 5.74) is 8.64. The molecule has 0 unspecified atom stereocenters. The topological polar surface area (TPSA) is 87.1 Å². The Morgan fingerprint density at radius 3 is 2.76 bits per heavy atom. The quantitative estimate of drug-likeness (QED) is 0.794. The fourth-order valence-electron chi connectivity index (χ4n) is 1.95. The second-order valence-electron chi connectivity index (χ2n) is 4.60. The molecular weight excluding hydrogens is 268 g/mol. The number of pyridine rings is 1. The largest absolute Gasteiger partial charge is 0.496 e. The van der Waals surface area contributed by atoms with Crippen LogP contribution < -0.4 is 10.5 Å². The highest BCUT2D eigenvalue weighted by molar-refractivity contribution is 5.66. The predicted octanol–water partition coefficient (Wildman–Crippen LogP) is 2.70. The van der Waals surface area contributed by atoms with Crippen molar-refractivity contribution >= 4 is 5.69 Å². The van der Waals surface area contributed by atoms with Gasteiger partial charge in [-0.25, -0.2) is 4.98 Å². The van der Waals surface area contributed by atoms with Crippen LogP contribution in [-0.2, 0) is 0 Å². The van der Waals surface area contributed by atoms with E-state index in [0.717, 1.165) is 11.1 Å². The van der Waals surface area contributed by atoms with Crippen LogP contribution in [0.2, 0.25) is 0 Å². The van der Waals surface area contributed by atoms with Gasteiger partial charge >= 0.3 is 0 Å². The molecule has 0 saturated heterocycles. The second-order valence-corrected chi connectivity index (χ2v) is 4.60. The molecule has 106 valence electrons. The van der Waals surface area contributed by atoms with E-state index < -0.39 is 0 Å². The maximum atomic E-state index is 5.61. The molecule has 1 aromatic carbocycles. The zero-order chi connectivity index (χ0) is 14.8. The molecule has 3 rings (SSSR count). The lowest BCUT2D eigenvalue weighted by Crippen LogP contribution is -1.91. The van der Waals surface area contributed by atoms with Crippen LogP contribution >= 0.6 is 0 Å². The lowest BCUT2D eigenvalue weighted by molar-refractivity contribution is 0.413. The summed E-state index contributed by atoms with van der Waals surface area (Å²) < 4.78 is 10.6. The molecule has 21 heavy (non-hydrogen) atoms. The second kappa shape index (κ2) is 5.24. The molecule has 0 saturated carbocycles. The maximum Gasteiger partial charge on any atom is 0.276 e. The van der Waals surface area contributed by atoms with Crippen LogP contribution in [0.25, 0.3) is 23.0 Å². The average Bonchev–Trinajstić information content (AvgIpc) is 2.97. The molecule has 2 heterocycles. The van der Waals surface area contributed by atoms with E-state index in [-0.39, 0.29) is 0 Å². The average molecular weight is 282 g/mol. The Morgan fingerprint density at radius 1 is 1.19 bits per heavy atom. The van der Waals surface area contributed by atoms with Gasteiger partial charge in [-0.2, -0.15) is 4.98 Å². The van der Waals surface area contributed by atoms with E-state index in [9.17, 15) is 0 Å². The fraction of sp³-hybridized carbons (Fsp3) is 0.133. The number of ether oxygens (including phenoxy) is 1. The van der Waals surface area contributed by atoms with Crippen molar-refractivity contribution in [3.63, 3.8) is 0 Å². The summed E-state index contributed by atoms with van der Waals surface area (Å²) in [6.07, 6.45) is 1.55. The van der Waals surface area contributed by atoms with Crippen molar-refractivity contribution < 1.29 is 9.26 Å². The highest BCUT2D eigenvalue weighted by Gasteiger charge is 2.15. The Morgan fingerprint density at radius 2 is 2.05 bits per heavy atom. The van der Waals surface area contributed by atoms with Crippen molar-refractivity contribution in [3.8, 4) is 28.7 Å². The zero-order valence-corrected chi connectivity index (χ0v) is 11.7. The molecule has 0 amide bonds. The third-order valence-corrected chi connectivity index (χ3v) is 3.03. The van der Waals surface area contributed by atoms with E-state index in [1.807, 2.05) is 25.1 Å². The van der Waals surface area contributed by atoms with Gasteiger partial charge in [-0.15, -0.1) is 0 Å². The van der Waals surface area contributed by atoms with E-state index in [2.05, 4.69) is 15.1 Å². The van der Waals surface area contributed by atoms with Crippen molar-refractivity contribution in [2.75, 3.05) is 12.8 Å². The summed E-state index contributed by atoms with van der Waals surface area (Å²) in [5.74, 6) is 1.50. The number of methoxy groups -OCH3 is 1. The third kappa shape index (κ3) is 2.55. The van der Waals surface area contributed by atoms with Gasteiger partial charge < -0.3 is 15.0 Å². The number of benzene rings is 1. The lowest BCUT2D eigenvalue weighted by atomic mass is 10.1. The van der Waals surface area contributed by atoms with Gasteiger partial charge in [0.1, 0.15) is 11.4 Å². The number of rotatable bonds is 3. The third-order valence-electron chi connectivity index (χ3n) is 3.03. The van der Waals surface area contributed by atoms with Crippen LogP contribution in [0.3, 0.4) is 0 Å². The minimum atomic E-state index is 0.340. The van der Waals surface area contributed by atoms with Crippen LogP contribution in [0.15, 0.2) is 41.1 Å². The van der Waals surface area contributed by atoms with Gasteiger partial charge in [-0.1, -0.05) is 11.2 Å². The van der Waals surface area contributed by atoms with Gasteiger partial charge in [0.05, 0.1) is 24.6 Å². The van der Waals surface area contributed by atoms with Gasteiger partial charge in [-0.3, -0.25) is 0 Å². The highest BCUT2D eigenvalue weighted by atomic mass is 16.5. The monoisotopic (exact) mass is 282 g/mol. The first-order chi connectivity index (χ1) is 10.2. The molecule has 0 aliphatic rings. The van der Waals surface area contributed by atoms with E-state index in [1.165, 1.54) is 0 Å². The zero-order valence-electron chi connectivity index (χ0n) is 11.7. The summed E-state index contributed by atoms with van der Waals surface area (Å²) >= 11 is 0. The molecule has 2 N–H and O–H groups in total. The minimum absolute atomic E-state index is 0.340. The highest BCUT2D eigenvalue weighted by Crippen LogP contribution is 2.30. The molecule has 0 radical (unpaired) electrons. The van der Waals surface area contributed by atoms with Crippen molar-refractivity contribution in [2.45, 2.75) is 6.92 Å². The molecule has 0 spiro atoms. The van der Waals surface area contributed by atoms with Gasteiger partial charge in [-0.05, 0) is 36.8 Å². The molecule has 2 aromatic heterocycles. The van der Waals surface area contributed by atoms with Crippen molar-refractivity contribution in [1.82, 2.24) is 15.1 Å². The van der Waals surface area contributed by atoms with Gasteiger partial charge in [0, 0.05) is 0 Å². The van der Waals surface area contributed by atoms with Crippen molar-refractivity contribution in [3.05, 3.63) is 42.1 Å². The summed E-state index contributed by atoms with van der Waals surface area (Å²) in [7, 11) is 1.61. The number of nitrogens with zero attached hydrogens (tertiary/aromatic N) is 3. The SMILES string of the molecule is COc1cc(C)ccc1-c1noc(-c2ccc(N)cn2)n1. The summed E-state index contributed by atoms with van der Waals surface area (Å²) in [6, 6.07) is 9.26. The lowest BCUT2D eigenvalue weighted by Gasteiger charge is -2.05. The predicted molar refractivity (Wildman–Crippen MR) is 78.7 cm³/mol. The van der Waals surface area contributed by atoms with E-state index >= 15 is 0 Å². The Kier molecular flexibility index (Phi) is 3.27. The van der Waals surface area contributed by atoms with E-state index in [1.54, 1.807) is 25.4 Å². The number of aryl methyl sites for hydroxylation is 1. The molecule has 0 bridgehead atoms. The standard InChI is InChI=1S/C15H14N4O2/c1-9-3-5-11(13(7-9)20-2)14-18-15(21-19-14)12-6-4-10(16)8-17-12/h3-8H,16H2,1-2H3. The van der Waals surface area contributed by atoms with Crippen molar-refractivity contribution in [1.29, 1.82) is 0 Å².